The van der Waals surface area contributed by atoms with Gasteiger partial charge in [0, 0.05) is 4.83 Å². The quantitative estimate of drug-likeness (QED) is 0.448. The minimum atomic E-state index is 0.154. The van der Waals surface area contributed by atoms with Crippen molar-refractivity contribution in [3.63, 3.8) is 0 Å². The van der Waals surface area contributed by atoms with Gasteiger partial charge in [0.05, 0.1) is 12.6 Å². The lowest BCUT2D eigenvalue weighted by Crippen LogP contribution is -2.21. The first-order chi connectivity index (χ1) is 5.07. The normalized spacial score (nSPS) is 17.6. The largest absolute Gasteiger partial charge is 0.466 e. The number of nitrogens with two attached hydrogens (primary N) is 1. The summed E-state index contributed by atoms with van der Waals surface area (Å²) in [6.45, 7) is 6.45. The van der Waals surface area contributed by atoms with E-state index in [1.807, 2.05) is 20.8 Å². The van der Waals surface area contributed by atoms with Crippen LogP contribution in [0.3, 0.4) is 0 Å². The highest BCUT2D eigenvalue weighted by Gasteiger charge is 2.06. The maximum atomic E-state index is 5.43. The molecule has 3 nitrogen and oxygen atoms in total. The van der Waals surface area contributed by atoms with Crippen LogP contribution in [0.4, 0.5) is 0 Å². The molecule has 0 saturated heterocycles. The van der Waals surface area contributed by atoms with Gasteiger partial charge in [0.1, 0.15) is 0 Å². The molecule has 0 fully saturated rings. The van der Waals surface area contributed by atoms with Crippen molar-refractivity contribution in [2.24, 2.45) is 10.7 Å². The molecule has 2 N–H and O–H groups in total. The van der Waals surface area contributed by atoms with E-state index in [4.69, 9.17) is 10.5 Å². The predicted molar refractivity (Wildman–Crippen MR) is 51.1 cm³/mol. The monoisotopic (exact) mass is 222 g/mol. The number of alkyl halides is 1. The van der Waals surface area contributed by atoms with Gasteiger partial charge < -0.3 is 10.5 Å². The van der Waals surface area contributed by atoms with Crippen LogP contribution in [-0.4, -0.2) is 23.5 Å². The van der Waals surface area contributed by atoms with E-state index in [1.54, 1.807) is 0 Å². The lowest BCUT2D eigenvalue weighted by Gasteiger charge is -2.09. The van der Waals surface area contributed by atoms with Crippen molar-refractivity contribution < 1.29 is 4.74 Å². The third kappa shape index (κ3) is 5.07. The van der Waals surface area contributed by atoms with Crippen LogP contribution in [0.5, 0.6) is 0 Å². The molecule has 0 saturated carbocycles. The van der Waals surface area contributed by atoms with Crippen molar-refractivity contribution in [1.29, 1.82) is 0 Å². The smallest absolute Gasteiger partial charge is 0.282 e. The van der Waals surface area contributed by atoms with E-state index in [1.165, 1.54) is 0 Å². The Morgan fingerprint density at radius 1 is 1.64 bits per heavy atom. The molecule has 0 aliphatic rings. The van der Waals surface area contributed by atoms with Crippen LogP contribution in [0.2, 0.25) is 0 Å². The van der Waals surface area contributed by atoms with Gasteiger partial charge in [-0.3, -0.25) is 0 Å². The highest BCUT2D eigenvalue weighted by Crippen LogP contribution is 2.07. The Morgan fingerprint density at radius 2 is 2.18 bits per heavy atom. The van der Waals surface area contributed by atoms with Gasteiger partial charge in [-0.25, -0.2) is 4.99 Å². The highest BCUT2D eigenvalue weighted by molar-refractivity contribution is 9.09. The van der Waals surface area contributed by atoms with Crippen molar-refractivity contribution in [2.75, 3.05) is 6.61 Å². The second-order valence-electron chi connectivity index (χ2n) is 2.32. The van der Waals surface area contributed by atoms with E-state index >= 15 is 0 Å². The van der Waals surface area contributed by atoms with Gasteiger partial charge in [0.2, 0.25) is 0 Å². The Hall–Kier alpha value is -0.250. The minimum absolute atomic E-state index is 0.154. The Labute approximate surface area is 76.1 Å². The van der Waals surface area contributed by atoms with Crippen LogP contribution < -0.4 is 5.73 Å². The van der Waals surface area contributed by atoms with Gasteiger partial charge in [0.25, 0.3) is 6.02 Å². The van der Waals surface area contributed by atoms with E-state index in [-0.39, 0.29) is 12.1 Å². The number of hydrogen-bond acceptors (Lipinski definition) is 2. The Balaban J connectivity index is 3.86. The fraction of sp³-hybridized carbons (Fsp3) is 0.857. The third-order valence-corrected chi connectivity index (χ3v) is 2.05. The highest BCUT2D eigenvalue weighted by atomic mass is 79.9. The molecule has 0 aromatic heterocycles. The zero-order chi connectivity index (χ0) is 8.85. The fourth-order valence-corrected chi connectivity index (χ4v) is 0.607. The Bertz CT molecular complexity index is 136. The summed E-state index contributed by atoms with van der Waals surface area (Å²) in [4.78, 5) is 4.41. The lowest BCUT2D eigenvalue weighted by atomic mass is 10.3. The number of rotatable bonds is 3. The molecule has 0 aromatic carbocycles. The third-order valence-electron chi connectivity index (χ3n) is 1.29. The van der Waals surface area contributed by atoms with Crippen LogP contribution in [-0.2, 0) is 4.74 Å². The molecule has 0 amide bonds. The molecule has 2 atom stereocenters. The molecular formula is C7H15BrN2O. The van der Waals surface area contributed by atoms with Crippen molar-refractivity contribution in [3.8, 4) is 0 Å². The van der Waals surface area contributed by atoms with Crippen molar-refractivity contribution >= 4 is 22.0 Å². The van der Waals surface area contributed by atoms with E-state index < -0.39 is 0 Å². The molecule has 2 unspecified atom stereocenters. The zero-order valence-corrected chi connectivity index (χ0v) is 8.76. The summed E-state index contributed by atoms with van der Waals surface area (Å²) in [5, 5.41) is 0. The lowest BCUT2D eigenvalue weighted by molar-refractivity contribution is 0.318. The molecular weight excluding hydrogens is 208 g/mol. The van der Waals surface area contributed by atoms with Gasteiger partial charge in [-0.1, -0.05) is 22.9 Å². The molecule has 0 aromatic rings. The van der Waals surface area contributed by atoms with E-state index in [9.17, 15) is 0 Å². The molecule has 11 heavy (non-hydrogen) atoms. The minimum Gasteiger partial charge on any atom is -0.466 e. The zero-order valence-electron chi connectivity index (χ0n) is 7.17. The van der Waals surface area contributed by atoms with Gasteiger partial charge in [0.15, 0.2) is 0 Å². The van der Waals surface area contributed by atoms with E-state index in [2.05, 4.69) is 20.9 Å². The molecule has 0 aliphatic carbocycles. The molecule has 0 heterocycles. The summed E-state index contributed by atoms with van der Waals surface area (Å²) in [7, 11) is 0. The van der Waals surface area contributed by atoms with Gasteiger partial charge >= 0.3 is 0 Å². The van der Waals surface area contributed by atoms with Crippen LogP contribution in [0.1, 0.15) is 20.8 Å². The van der Waals surface area contributed by atoms with Crippen LogP contribution in [0.15, 0.2) is 4.99 Å². The number of nitrogens with zero attached hydrogens (tertiary/aromatic N) is 1. The summed E-state index contributed by atoms with van der Waals surface area (Å²) in [6.07, 6.45) is 0. The predicted octanol–water partition coefficient (Wildman–Crippen LogP) is 1.51. The molecule has 0 bridgehead atoms. The van der Waals surface area contributed by atoms with Crippen LogP contribution in [0, 0.1) is 0 Å². The first-order valence-corrected chi connectivity index (χ1v) is 4.59. The topological polar surface area (TPSA) is 47.6 Å². The van der Waals surface area contributed by atoms with E-state index in [0.717, 1.165) is 0 Å². The summed E-state index contributed by atoms with van der Waals surface area (Å²) < 4.78 is 4.97. The Morgan fingerprint density at radius 3 is 2.55 bits per heavy atom. The summed E-state index contributed by atoms with van der Waals surface area (Å²) >= 11 is 3.40. The average molecular weight is 223 g/mol. The second-order valence-corrected chi connectivity index (χ2v) is 3.76. The van der Waals surface area contributed by atoms with Gasteiger partial charge in [-0.05, 0) is 13.8 Å². The van der Waals surface area contributed by atoms with E-state index in [0.29, 0.717) is 11.4 Å². The van der Waals surface area contributed by atoms with Gasteiger partial charge in [-0.15, -0.1) is 0 Å². The van der Waals surface area contributed by atoms with Gasteiger partial charge in [-0.2, -0.15) is 0 Å². The summed E-state index contributed by atoms with van der Waals surface area (Å²) in [6, 6.07) is 0.424. The number of hydrogen-bond donors (Lipinski definition) is 1. The SMILES string of the molecule is CCOC(N)=NC(C)C(C)Br. The van der Waals surface area contributed by atoms with Crippen molar-refractivity contribution in [2.45, 2.75) is 31.6 Å². The van der Waals surface area contributed by atoms with Crippen molar-refractivity contribution in [3.05, 3.63) is 0 Å². The summed E-state index contributed by atoms with van der Waals surface area (Å²) in [5.41, 5.74) is 5.43. The van der Waals surface area contributed by atoms with Crippen LogP contribution >= 0.6 is 15.9 Å². The Kier molecular flexibility index (Phi) is 5.28. The molecule has 66 valence electrons. The van der Waals surface area contributed by atoms with Crippen molar-refractivity contribution in [1.82, 2.24) is 0 Å². The molecule has 0 aliphatic heterocycles. The number of amidine groups is 1. The molecule has 0 rings (SSSR count). The molecule has 4 heteroatoms. The summed E-state index contributed by atoms with van der Waals surface area (Å²) in [5.74, 6) is 0. The van der Waals surface area contributed by atoms with Crippen LogP contribution in [0.25, 0.3) is 0 Å². The second kappa shape index (κ2) is 5.41. The number of aliphatic imine (C=N–C) groups is 1. The first-order valence-electron chi connectivity index (χ1n) is 3.68. The molecule has 0 radical (unpaired) electrons. The average Bonchev–Trinajstić information content (AvgIpc) is 1.87. The maximum absolute atomic E-state index is 5.43. The fourth-order valence-electron chi connectivity index (χ4n) is 0.489. The first kappa shape index (κ1) is 10.8. The standard InChI is InChI=1S/C7H15BrN2O/c1-4-11-7(9)10-6(3)5(2)8/h5-6H,4H2,1-3H3,(H2,9,10). The molecule has 0 spiro atoms. The number of ether oxygens (including phenoxy) is 1. The number of halogens is 1. The maximum Gasteiger partial charge on any atom is 0.282 e.